The second-order valence-corrected chi connectivity index (χ2v) is 5.91. The van der Waals surface area contributed by atoms with Gasteiger partial charge in [0.25, 0.3) is 0 Å². The molecule has 5 heteroatoms. The summed E-state index contributed by atoms with van der Waals surface area (Å²) in [6, 6.07) is 13.1. The molecule has 4 nitrogen and oxygen atoms in total. The zero-order chi connectivity index (χ0) is 17.6. The molecule has 2 rings (SSSR count). The fraction of sp³-hybridized carbons (Fsp3) is 0.316. The van der Waals surface area contributed by atoms with Crippen LogP contribution in [0.3, 0.4) is 0 Å². The van der Waals surface area contributed by atoms with Crippen molar-refractivity contribution in [1.29, 1.82) is 0 Å². The van der Waals surface area contributed by atoms with Gasteiger partial charge in [-0.05, 0) is 48.7 Å². The van der Waals surface area contributed by atoms with E-state index < -0.39 is 5.60 Å². The van der Waals surface area contributed by atoms with Gasteiger partial charge in [-0.2, -0.15) is 0 Å². The largest absolute Gasteiger partial charge is 0.497 e. The first-order valence-electron chi connectivity index (χ1n) is 7.79. The highest BCUT2D eigenvalue weighted by Gasteiger charge is 2.23. The van der Waals surface area contributed by atoms with E-state index in [1.807, 2.05) is 24.3 Å². The summed E-state index contributed by atoms with van der Waals surface area (Å²) < 4.78 is 18.0. The lowest BCUT2D eigenvalue weighted by Gasteiger charge is -2.24. The van der Waals surface area contributed by atoms with Gasteiger partial charge >= 0.3 is 0 Å². The molecule has 0 bridgehead atoms. The summed E-state index contributed by atoms with van der Waals surface area (Å²) in [6.07, 6.45) is 0.931. The Hall–Kier alpha value is -2.40. The number of rotatable bonds is 7. The zero-order valence-corrected chi connectivity index (χ0v) is 13.9. The van der Waals surface area contributed by atoms with Crippen molar-refractivity contribution in [3.05, 3.63) is 65.5 Å². The summed E-state index contributed by atoms with van der Waals surface area (Å²) in [6.45, 7) is 1.66. The molecule has 0 saturated heterocycles. The topological polar surface area (TPSA) is 58.6 Å². The quantitative estimate of drug-likeness (QED) is 0.820. The zero-order valence-electron chi connectivity index (χ0n) is 13.9. The first-order chi connectivity index (χ1) is 11.4. The normalized spacial score (nSPS) is 13.2. The molecule has 0 radical (unpaired) electrons. The van der Waals surface area contributed by atoms with E-state index in [4.69, 9.17) is 4.74 Å². The minimum atomic E-state index is -1.25. The second-order valence-electron chi connectivity index (χ2n) is 5.91. The molecule has 128 valence electrons. The van der Waals surface area contributed by atoms with E-state index in [0.29, 0.717) is 18.4 Å². The highest BCUT2D eigenvalue weighted by Crippen LogP contribution is 2.20. The molecule has 0 spiro atoms. The predicted molar refractivity (Wildman–Crippen MR) is 90.3 cm³/mol. The number of amides is 1. The highest BCUT2D eigenvalue weighted by atomic mass is 19.1. The third kappa shape index (κ3) is 5.06. The third-order valence-electron chi connectivity index (χ3n) is 3.90. The Morgan fingerprint density at radius 2 is 1.79 bits per heavy atom. The number of carbonyl (C=O) groups excluding carboxylic acids is 1. The summed E-state index contributed by atoms with van der Waals surface area (Å²) in [5, 5.41) is 13.1. The molecule has 24 heavy (non-hydrogen) atoms. The maximum Gasteiger partial charge on any atom is 0.220 e. The molecule has 1 atom stereocenters. The van der Waals surface area contributed by atoms with Gasteiger partial charge in [-0.15, -0.1) is 0 Å². The van der Waals surface area contributed by atoms with Gasteiger partial charge in [-0.1, -0.05) is 24.3 Å². The van der Waals surface area contributed by atoms with Crippen molar-refractivity contribution >= 4 is 5.91 Å². The van der Waals surface area contributed by atoms with Gasteiger partial charge < -0.3 is 15.2 Å². The first kappa shape index (κ1) is 17.9. The standard InChI is InChI=1S/C19H22FNO3/c1-19(23,15-6-8-16(20)9-7-15)13-21-18(22)12-5-14-3-10-17(24-2)11-4-14/h3-4,6-11,23H,5,12-13H2,1-2H3,(H,21,22). The van der Waals surface area contributed by atoms with Crippen LogP contribution in [0.5, 0.6) is 5.75 Å². The van der Waals surface area contributed by atoms with Gasteiger partial charge in [0.15, 0.2) is 0 Å². The number of halogens is 1. The van der Waals surface area contributed by atoms with E-state index in [1.54, 1.807) is 14.0 Å². The van der Waals surface area contributed by atoms with Crippen LogP contribution in [0.15, 0.2) is 48.5 Å². The number of hydrogen-bond donors (Lipinski definition) is 2. The summed E-state index contributed by atoms with van der Waals surface area (Å²) in [5.74, 6) is 0.268. The predicted octanol–water partition coefficient (Wildman–Crippen LogP) is 2.79. The number of aliphatic hydroxyl groups is 1. The number of ether oxygens (including phenoxy) is 1. The number of benzene rings is 2. The number of carbonyl (C=O) groups is 1. The van der Waals surface area contributed by atoms with Crippen LogP contribution in [0, 0.1) is 5.82 Å². The molecular weight excluding hydrogens is 309 g/mol. The fourth-order valence-corrected chi connectivity index (χ4v) is 2.32. The van der Waals surface area contributed by atoms with E-state index >= 15 is 0 Å². The SMILES string of the molecule is COc1ccc(CCC(=O)NCC(C)(O)c2ccc(F)cc2)cc1. The van der Waals surface area contributed by atoms with Crippen molar-refractivity contribution in [2.45, 2.75) is 25.4 Å². The summed E-state index contributed by atoms with van der Waals surface area (Å²) >= 11 is 0. The average molecular weight is 331 g/mol. The smallest absolute Gasteiger partial charge is 0.220 e. The Kier molecular flexibility index (Phi) is 5.93. The third-order valence-corrected chi connectivity index (χ3v) is 3.90. The minimum Gasteiger partial charge on any atom is -0.497 e. The van der Waals surface area contributed by atoms with Crippen LogP contribution in [-0.4, -0.2) is 24.7 Å². The van der Waals surface area contributed by atoms with Crippen LogP contribution in [0.1, 0.15) is 24.5 Å². The van der Waals surface area contributed by atoms with Crippen molar-refractivity contribution in [2.75, 3.05) is 13.7 Å². The molecule has 0 aliphatic carbocycles. The van der Waals surface area contributed by atoms with Gasteiger partial charge in [0.05, 0.1) is 13.7 Å². The molecule has 2 aromatic rings. The lowest BCUT2D eigenvalue weighted by atomic mass is 9.96. The van der Waals surface area contributed by atoms with Gasteiger partial charge in [0.2, 0.25) is 5.91 Å². The number of methoxy groups -OCH3 is 1. The summed E-state index contributed by atoms with van der Waals surface area (Å²) in [7, 11) is 1.61. The number of hydrogen-bond acceptors (Lipinski definition) is 3. The number of nitrogens with one attached hydrogen (secondary N) is 1. The molecule has 1 amide bonds. The molecule has 2 N–H and O–H groups in total. The van der Waals surface area contributed by atoms with Gasteiger partial charge in [0, 0.05) is 6.42 Å². The Bertz CT molecular complexity index is 666. The summed E-state index contributed by atoms with van der Waals surface area (Å²) in [4.78, 5) is 12.0. The van der Waals surface area contributed by atoms with Gasteiger partial charge in [-0.25, -0.2) is 4.39 Å². The molecule has 0 aromatic heterocycles. The van der Waals surface area contributed by atoms with E-state index in [-0.39, 0.29) is 18.3 Å². The van der Waals surface area contributed by atoms with Crippen LogP contribution in [0.25, 0.3) is 0 Å². The Morgan fingerprint density at radius 1 is 1.17 bits per heavy atom. The first-order valence-corrected chi connectivity index (χ1v) is 7.79. The van der Waals surface area contributed by atoms with Crippen LogP contribution in [0.2, 0.25) is 0 Å². The lowest BCUT2D eigenvalue weighted by Crippen LogP contribution is -2.38. The Morgan fingerprint density at radius 3 is 2.38 bits per heavy atom. The van der Waals surface area contributed by atoms with E-state index in [2.05, 4.69) is 5.32 Å². The summed E-state index contributed by atoms with van der Waals surface area (Å²) in [5.41, 5.74) is 0.347. The van der Waals surface area contributed by atoms with Crippen molar-refractivity contribution in [3.8, 4) is 5.75 Å². The van der Waals surface area contributed by atoms with Crippen LogP contribution >= 0.6 is 0 Å². The van der Waals surface area contributed by atoms with Crippen molar-refractivity contribution in [1.82, 2.24) is 5.32 Å². The maximum atomic E-state index is 12.9. The molecular formula is C19H22FNO3. The Balaban J connectivity index is 1.82. The fourth-order valence-electron chi connectivity index (χ4n) is 2.32. The molecule has 0 fully saturated rings. The van der Waals surface area contributed by atoms with Gasteiger partial charge in [0.1, 0.15) is 17.2 Å². The van der Waals surface area contributed by atoms with E-state index in [1.165, 1.54) is 24.3 Å². The van der Waals surface area contributed by atoms with Crippen LogP contribution in [-0.2, 0) is 16.8 Å². The molecule has 0 heterocycles. The van der Waals surface area contributed by atoms with Crippen molar-refractivity contribution in [3.63, 3.8) is 0 Å². The Labute approximate surface area is 141 Å². The van der Waals surface area contributed by atoms with Crippen molar-refractivity contribution in [2.24, 2.45) is 0 Å². The van der Waals surface area contributed by atoms with E-state index in [9.17, 15) is 14.3 Å². The molecule has 0 saturated carbocycles. The maximum absolute atomic E-state index is 12.9. The van der Waals surface area contributed by atoms with E-state index in [0.717, 1.165) is 11.3 Å². The van der Waals surface area contributed by atoms with Crippen molar-refractivity contribution < 1.29 is 19.0 Å². The monoisotopic (exact) mass is 331 g/mol. The van der Waals surface area contributed by atoms with Crippen LogP contribution < -0.4 is 10.1 Å². The van der Waals surface area contributed by atoms with Crippen LogP contribution in [0.4, 0.5) is 4.39 Å². The number of aryl methyl sites for hydroxylation is 1. The molecule has 0 aliphatic rings. The highest BCUT2D eigenvalue weighted by molar-refractivity contribution is 5.76. The lowest BCUT2D eigenvalue weighted by molar-refractivity contribution is -0.122. The average Bonchev–Trinajstić information content (AvgIpc) is 2.59. The molecule has 1 unspecified atom stereocenters. The second kappa shape index (κ2) is 7.93. The molecule has 0 aliphatic heterocycles. The minimum absolute atomic E-state index is 0.0695. The van der Waals surface area contributed by atoms with Gasteiger partial charge in [-0.3, -0.25) is 4.79 Å². The molecule has 2 aromatic carbocycles.